The summed E-state index contributed by atoms with van der Waals surface area (Å²) in [5.74, 6) is -4.66. The Morgan fingerprint density at radius 1 is 0.814 bits per heavy atom. The Labute approximate surface area is 254 Å². The fraction of sp³-hybridized carbons (Fsp3) is 0.613. The molecule has 0 spiro atoms. The van der Waals surface area contributed by atoms with Crippen molar-refractivity contribution in [1.82, 2.24) is 21.3 Å². The first-order valence-corrected chi connectivity index (χ1v) is 14.7. The largest absolute Gasteiger partial charge is 0.480 e. The van der Waals surface area contributed by atoms with E-state index < -0.39 is 65.3 Å². The number of benzene rings is 1. The van der Waals surface area contributed by atoms with Gasteiger partial charge in [0.1, 0.15) is 29.8 Å². The van der Waals surface area contributed by atoms with Crippen LogP contribution in [0, 0.1) is 11.8 Å². The van der Waals surface area contributed by atoms with Gasteiger partial charge in [0.15, 0.2) is 0 Å². The Bertz CT molecular complexity index is 1120. The third kappa shape index (κ3) is 13.7. The molecule has 1 rings (SSSR count). The van der Waals surface area contributed by atoms with Crippen LogP contribution >= 0.6 is 0 Å². The summed E-state index contributed by atoms with van der Waals surface area (Å²) in [6.45, 7) is 13.8. The van der Waals surface area contributed by atoms with Crippen LogP contribution in [0.4, 0.5) is 0 Å². The molecule has 5 atom stereocenters. The van der Waals surface area contributed by atoms with Gasteiger partial charge in [-0.1, -0.05) is 52.3 Å². The monoisotopic (exact) mass is 604 g/mol. The predicted molar refractivity (Wildman–Crippen MR) is 161 cm³/mol. The summed E-state index contributed by atoms with van der Waals surface area (Å²) in [7, 11) is 0. The van der Waals surface area contributed by atoms with Crippen LogP contribution < -0.4 is 21.3 Å². The van der Waals surface area contributed by atoms with Crippen LogP contribution in [0.15, 0.2) is 30.3 Å². The highest BCUT2D eigenvalue weighted by Gasteiger charge is 2.32. The van der Waals surface area contributed by atoms with E-state index in [1.807, 2.05) is 20.8 Å². The highest BCUT2D eigenvalue weighted by Crippen LogP contribution is 2.13. The standard InChI is InChI=1S/C31H48N4O8/c1-9-19(4)25(35-27(38)21-13-11-10-12-14-21)29(40)33-22(15-16-24(36)43-31(6,7)8)28(39)32-20(5)26(37)34-23(30(41)42)17-18(2)3/h10-14,18-20,22-23,25H,9,15-17H2,1-8H3,(H,32,39)(H,33,40)(H,34,37)(H,35,38)(H,41,42)/t19-,20-,22-,23-,25-/m0/s1. The van der Waals surface area contributed by atoms with Crippen molar-refractivity contribution in [3.63, 3.8) is 0 Å². The SMILES string of the molecule is CC[C@H](C)[C@H](NC(=O)c1ccccc1)C(=O)N[C@@H](CCC(=O)OC(C)(C)C)C(=O)N[C@@H](C)C(=O)N[C@@H](CC(C)C)C(=O)O. The smallest absolute Gasteiger partial charge is 0.326 e. The van der Waals surface area contributed by atoms with E-state index in [1.165, 1.54) is 6.92 Å². The number of carboxylic acids is 1. The highest BCUT2D eigenvalue weighted by molar-refractivity contribution is 5.99. The van der Waals surface area contributed by atoms with Crippen LogP contribution in [0.2, 0.25) is 0 Å². The number of hydrogen-bond acceptors (Lipinski definition) is 7. The molecule has 4 amide bonds. The predicted octanol–water partition coefficient (Wildman–Crippen LogP) is 2.56. The summed E-state index contributed by atoms with van der Waals surface area (Å²) in [6.07, 6.45) is 0.379. The van der Waals surface area contributed by atoms with Gasteiger partial charge in [0, 0.05) is 12.0 Å². The fourth-order valence-electron chi connectivity index (χ4n) is 4.07. The number of aliphatic carboxylic acids is 1. The third-order valence-corrected chi connectivity index (χ3v) is 6.58. The molecule has 0 bridgehead atoms. The van der Waals surface area contributed by atoms with Crippen LogP contribution in [-0.4, -0.2) is 70.4 Å². The van der Waals surface area contributed by atoms with Crippen molar-refractivity contribution in [2.75, 3.05) is 0 Å². The maximum atomic E-state index is 13.5. The number of nitrogens with one attached hydrogen (secondary N) is 4. The van der Waals surface area contributed by atoms with Gasteiger partial charge in [0.05, 0.1) is 0 Å². The lowest BCUT2D eigenvalue weighted by Crippen LogP contribution is -2.58. The van der Waals surface area contributed by atoms with Gasteiger partial charge < -0.3 is 31.1 Å². The number of hydrogen-bond donors (Lipinski definition) is 5. The van der Waals surface area contributed by atoms with Gasteiger partial charge >= 0.3 is 11.9 Å². The lowest BCUT2D eigenvalue weighted by atomic mass is 9.97. The summed E-state index contributed by atoms with van der Waals surface area (Å²) < 4.78 is 5.33. The van der Waals surface area contributed by atoms with E-state index in [1.54, 1.807) is 58.0 Å². The number of rotatable bonds is 16. The zero-order valence-electron chi connectivity index (χ0n) is 26.5. The van der Waals surface area contributed by atoms with Crippen LogP contribution in [0.5, 0.6) is 0 Å². The zero-order valence-corrected chi connectivity index (χ0v) is 26.5. The summed E-state index contributed by atoms with van der Waals surface area (Å²) in [4.78, 5) is 76.4. The van der Waals surface area contributed by atoms with Gasteiger partial charge in [-0.3, -0.25) is 24.0 Å². The molecule has 0 unspecified atom stereocenters. The molecule has 1 aromatic carbocycles. The van der Waals surface area contributed by atoms with Crippen molar-refractivity contribution >= 4 is 35.6 Å². The maximum absolute atomic E-state index is 13.5. The van der Waals surface area contributed by atoms with Crippen LogP contribution in [0.3, 0.4) is 0 Å². The second-order valence-electron chi connectivity index (χ2n) is 12.1. The average Bonchev–Trinajstić information content (AvgIpc) is 2.91. The zero-order chi connectivity index (χ0) is 32.9. The molecule has 12 nitrogen and oxygen atoms in total. The van der Waals surface area contributed by atoms with E-state index in [-0.39, 0.29) is 31.1 Å². The van der Waals surface area contributed by atoms with Gasteiger partial charge in [-0.15, -0.1) is 0 Å². The van der Waals surface area contributed by atoms with Crippen molar-refractivity contribution < 1.29 is 38.6 Å². The van der Waals surface area contributed by atoms with Crippen molar-refractivity contribution in [2.24, 2.45) is 11.8 Å². The minimum atomic E-state index is -1.26. The van der Waals surface area contributed by atoms with Crippen LogP contribution in [0.1, 0.15) is 91.4 Å². The lowest BCUT2D eigenvalue weighted by molar-refractivity contribution is -0.155. The molecular weight excluding hydrogens is 556 g/mol. The summed E-state index contributed by atoms with van der Waals surface area (Å²) in [5, 5.41) is 19.8. The molecule has 12 heteroatoms. The fourth-order valence-corrected chi connectivity index (χ4v) is 4.07. The minimum Gasteiger partial charge on any atom is -0.480 e. The molecule has 43 heavy (non-hydrogen) atoms. The van der Waals surface area contributed by atoms with E-state index in [2.05, 4.69) is 21.3 Å². The molecule has 0 aromatic heterocycles. The summed E-state index contributed by atoms with van der Waals surface area (Å²) in [5.41, 5.74) is -0.398. The number of ether oxygens (including phenoxy) is 1. The molecule has 0 aliphatic heterocycles. The molecule has 5 N–H and O–H groups in total. The molecule has 1 aromatic rings. The average molecular weight is 605 g/mol. The topological polar surface area (TPSA) is 180 Å². The van der Waals surface area contributed by atoms with Crippen molar-refractivity contribution in [3.05, 3.63) is 35.9 Å². The van der Waals surface area contributed by atoms with Gasteiger partial charge in [-0.2, -0.15) is 0 Å². The number of amides is 4. The van der Waals surface area contributed by atoms with E-state index in [4.69, 9.17) is 4.74 Å². The third-order valence-electron chi connectivity index (χ3n) is 6.58. The van der Waals surface area contributed by atoms with Crippen molar-refractivity contribution in [1.29, 1.82) is 0 Å². The Morgan fingerprint density at radius 3 is 1.91 bits per heavy atom. The van der Waals surface area contributed by atoms with E-state index >= 15 is 0 Å². The second kappa shape index (κ2) is 17.2. The lowest BCUT2D eigenvalue weighted by Gasteiger charge is -2.27. The number of esters is 1. The summed E-state index contributed by atoms with van der Waals surface area (Å²) >= 11 is 0. The van der Waals surface area contributed by atoms with E-state index in [0.29, 0.717) is 12.0 Å². The van der Waals surface area contributed by atoms with Gasteiger partial charge in [-0.25, -0.2) is 4.79 Å². The first-order chi connectivity index (χ1) is 19.9. The second-order valence-corrected chi connectivity index (χ2v) is 12.1. The molecule has 0 aliphatic rings. The summed E-state index contributed by atoms with van der Waals surface area (Å²) in [6, 6.07) is 3.83. The number of carboxylic acid groups (broad SMARTS) is 1. The first kappa shape index (κ1) is 37.1. The minimum absolute atomic E-state index is 0.000385. The quantitative estimate of drug-likeness (QED) is 0.179. The molecular formula is C31H48N4O8. The van der Waals surface area contributed by atoms with Gasteiger partial charge in [0.2, 0.25) is 17.7 Å². The Balaban J connectivity index is 3.13. The molecule has 0 heterocycles. The molecule has 0 saturated heterocycles. The molecule has 0 radical (unpaired) electrons. The van der Waals surface area contributed by atoms with E-state index in [9.17, 15) is 33.9 Å². The van der Waals surface area contributed by atoms with Crippen LogP contribution in [-0.2, 0) is 28.7 Å². The number of carbonyl (C=O) groups is 6. The van der Waals surface area contributed by atoms with Gasteiger partial charge in [-0.05, 0) is 64.5 Å². The molecule has 0 fully saturated rings. The number of carbonyl (C=O) groups excluding carboxylic acids is 5. The highest BCUT2D eigenvalue weighted by atomic mass is 16.6. The molecule has 0 aliphatic carbocycles. The Morgan fingerprint density at radius 2 is 1.40 bits per heavy atom. The first-order valence-electron chi connectivity index (χ1n) is 14.7. The van der Waals surface area contributed by atoms with Gasteiger partial charge in [0.25, 0.3) is 5.91 Å². The Kier molecular flexibility index (Phi) is 14.9. The van der Waals surface area contributed by atoms with Crippen LogP contribution in [0.25, 0.3) is 0 Å². The Hall–Kier alpha value is -3.96. The molecule has 240 valence electrons. The normalized spacial score (nSPS) is 14.8. The molecule has 0 saturated carbocycles. The maximum Gasteiger partial charge on any atom is 0.326 e. The van der Waals surface area contributed by atoms with E-state index in [0.717, 1.165) is 0 Å². The van der Waals surface area contributed by atoms with Crippen molar-refractivity contribution in [3.8, 4) is 0 Å². The van der Waals surface area contributed by atoms with Crippen molar-refractivity contribution in [2.45, 2.75) is 111 Å².